The van der Waals surface area contributed by atoms with Crippen molar-refractivity contribution in [2.75, 3.05) is 19.5 Å². The molecule has 1 rings (SSSR count). The highest BCUT2D eigenvalue weighted by molar-refractivity contribution is 8.00. The number of carbonyl (C=O) groups excluding carboxylic acids is 1. The molecule has 0 spiro atoms. The van der Waals surface area contributed by atoms with Gasteiger partial charge in [-0.2, -0.15) is 0 Å². The fourth-order valence-corrected chi connectivity index (χ4v) is 2.13. The molecule has 0 saturated carbocycles. The number of nitrogens with zero attached hydrogens (tertiary/aromatic N) is 1. The number of ether oxygens (including phenoxy) is 1. The molecule has 0 aliphatic heterocycles. The smallest absolute Gasteiger partial charge is 0.269 e. The predicted octanol–water partition coefficient (Wildman–Crippen LogP) is 1.84. The Hall–Kier alpha value is -1.60. The number of methoxy groups -OCH3 is 1. The second-order valence-electron chi connectivity index (χ2n) is 3.96. The topological polar surface area (TPSA) is 81.5 Å². The van der Waals surface area contributed by atoms with E-state index in [4.69, 9.17) is 4.74 Å². The summed E-state index contributed by atoms with van der Waals surface area (Å²) in [6.07, 6.45) is 0. The number of rotatable bonds is 7. The molecule has 7 heteroatoms. The van der Waals surface area contributed by atoms with Crippen LogP contribution in [0.3, 0.4) is 0 Å². The van der Waals surface area contributed by atoms with Gasteiger partial charge in [-0.15, -0.1) is 11.8 Å². The highest BCUT2D eigenvalue weighted by Gasteiger charge is 2.08. The fraction of sp³-hybridized carbons (Fsp3) is 0.417. The van der Waals surface area contributed by atoms with Crippen molar-refractivity contribution in [1.82, 2.24) is 5.32 Å². The summed E-state index contributed by atoms with van der Waals surface area (Å²) < 4.78 is 4.92. The van der Waals surface area contributed by atoms with Gasteiger partial charge in [0.2, 0.25) is 5.91 Å². The van der Waals surface area contributed by atoms with E-state index in [-0.39, 0.29) is 23.4 Å². The molecular formula is C12H16N2O4S. The third-order valence-electron chi connectivity index (χ3n) is 2.24. The van der Waals surface area contributed by atoms with E-state index in [2.05, 4.69) is 5.32 Å². The number of benzene rings is 1. The summed E-state index contributed by atoms with van der Waals surface area (Å²) >= 11 is 1.33. The zero-order valence-electron chi connectivity index (χ0n) is 10.8. The van der Waals surface area contributed by atoms with Crippen molar-refractivity contribution in [2.24, 2.45) is 0 Å². The quantitative estimate of drug-likeness (QED) is 0.469. The highest BCUT2D eigenvalue weighted by Crippen LogP contribution is 2.20. The Kier molecular flexibility index (Phi) is 6.31. The van der Waals surface area contributed by atoms with Crippen LogP contribution in [-0.4, -0.2) is 36.3 Å². The molecule has 1 aromatic rings. The van der Waals surface area contributed by atoms with Gasteiger partial charge in [-0.3, -0.25) is 14.9 Å². The summed E-state index contributed by atoms with van der Waals surface area (Å²) in [6, 6.07) is 6.08. The number of hydrogen-bond acceptors (Lipinski definition) is 5. The van der Waals surface area contributed by atoms with Crippen LogP contribution >= 0.6 is 11.8 Å². The van der Waals surface area contributed by atoms with Crippen molar-refractivity contribution in [2.45, 2.75) is 17.9 Å². The van der Waals surface area contributed by atoms with Gasteiger partial charge in [-0.25, -0.2) is 0 Å². The summed E-state index contributed by atoms with van der Waals surface area (Å²) in [6.45, 7) is 2.33. The first-order valence-corrected chi connectivity index (χ1v) is 6.67. The third-order valence-corrected chi connectivity index (χ3v) is 3.25. The zero-order chi connectivity index (χ0) is 14.3. The number of amides is 1. The Labute approximate surface area is 115 Å². The molecule has 1 atom stereocenters. The molecule has 0 fully saturated rings. The van der Waals surface area contributed by atoms with Crippen LogP contribution in [0.2, 0.25) is 0 Å². The molecule has 0 aliphatic rings. The molecule has 104 valence electrons. The van der Waals surface area contributed by atoms with Gasteiger partial charge < -0.3 is 10.1 Å². The lowest BCUT2D eigenvalue weighted by Crippen LogP contribution is -2.36. The molecule has 19 heavy (non-hydrogen) atoms. The Morgan fingerprint density at radius 2 is 2.11 bits per heavy atom. The molecule has 0 aliphatic carbocycles. The van der Waals surface area contributed by atoms with Gasteiger partial charge in [0.05, 0.1) is 17.3 Å². The normalized spacial score (nSPS) is 11.9. The average Bonchev–Trinajstić information content (AvgIpc) is 2.37. The molecule has 6 nitrogen and oxygen atoms in total. The van der Waals surface area contributed by atoms with Crippen molar-refractivity contribution in [3.63, 3.8) is 0 Å². The molecule has 1 amide bonds. The number of carbonyl (C=O) groups is 1. The summed E-state index contributed by atoms with van der Waals surface area (Å²) in [5.41, 5.74) is 0.0440. The van der Waals surface area contributed by atoms with Gasteiger partial charge in [-0.1, -0.05) is 0 Å². The lowest BCUT2D eigenvalue weighted by molar-refractivity contribution is -0.384. The maximum atomic E-state index is 11.6. The molecule has 1 N–H and O–H groups in total. The van der Waals surface area contributed by atoms with E-state index < -0.39 is 4.92 Å². The minimum Gasteiger partial charge on any atom is -0.383 e. The number of nitro groups is 1. The summed E-state index contributed by atoms with van der Waals surface area (Å²) in [5.74, 6) is 0.180. The third kappa shape index (κ3) is 5.71. The van der Waals surface area contributed by atoms with Crippen LogP contribution in [0.25, 0.3) is 0 Å². The molecule has 0 bridgehead atoms. The second-order valence-corrected chi connectivity index (χ2v) is 5.01. The van der Waals surface area contributed by atoms with Gasteiger partial charge in [0.15, 0.2) is 0 Å². The number of non-ortho nitro benzene ring substituents is 1. The average molecular weight is 284 g/mol. The first kappa shape index (κ1) is 15.5. The van der Waals surface area contributed by atoms with E-state index in [1.807, 2.05) is 6.92 Å². The van der Waals surface area contributed by atoms with E-state index in [0.29, 0.717) is 6.61 Å². The van der Waals surface area contributed by atoms with Gasteiger partial charge in [0.1, 0.15) is 0 Å². The molecule has 0 saturated heterocycles. The molecular weight excluding hydrogens is 268 g/mol. The van der Waals surface area contributed by atoms with Crippen LogP contribution in [0, 0.1) is 10.1 Å². The van der Waals surface area contributed by atoms with E-state index in [1.165, 1.54) is 23.9 Å². The Bertz CT molecular complexity index is 436. The van der Waals surface area contributed by atoms with E-state index in [1.54, 1.807) is 19.2 Å². The molecule has 0 heterocycles. The van der Waals surface area contributed by atoms with Crippen molar-refractivity contribution >= 4 is 23.4 Å². The highest BCUT2D eigenvalue weighted by atomic mass is 32.2. The Morgan fingerprint density at radius 3 is 2.63 bits per heavy atom. The summed E-state index contributed by atoms with van der Waals surface area (Å²) in [5, 5.41) is 13.3. The van der Waals surface area contributed by atoms with Crippen molar-refractivity contribution < 1.29 is 14.5 Å². The number of nitro benzene ring substituents is 1. The SMILES string of the molecule is COCC(C)NC(=O)CSc1ccc([N+](=O)[O-])cc1. The predicted molar refractivity (Wildman–Crippen MR) is 73.3 cm³/mol. The van der Waals surface area contributed by atoms with Crippen LogP contribution in [0.1, 0.15) is 6.92 Å². The first-order chi connectivity index (χ1) is 9.02. The molecule has 1 unspecified atom stereocenters. The van der Waals surface area contributed by atoms with Crippen molar-refractivity contribution in [3.8, 4) is 0 Å². The minimum absolute atomic E-state index is 0.0324. The van der Waals surface area contributed by atoms with E-state index in [0.717, 1.165) is 4.90 Å². The monoisotopic (exact) mass is 284 g/mol. The maximum absolute atomic E-state index is 11.6. The van der Waals surface area contributed by atoms with Crippen molar-refractivity contribution in [3.05, 3.63) is 34.4 Å². The van der Waals surface area contributed by atoms with Crippen LogP contribution in [-0.2, 0) is 9.53 Å². The lowest BCUT2D eigenvalue weighted by Gasteiger charge is -2.12. The molecule has 0 radical (unpaired) electrons. The fourth-order valence-electron chi connectivity index (χ4n) is 1.42. The Morgan fingerprint density at radius 1 is 1.47 bits per heavy atom. The van der Waals surface area contributed by atoms with Crippen LogP contribution < -0.4 is 5.32 Å². The standard InChI is InChI=1S/C12H16N2O4S/c1-9(7-18-2)13-12(15)8-19-11-5-3-10(4-6-11)14(16)17/h3-6,9H,7-8H2,1-2H3,(H,13,15). The minimum atomic E-state index is -0.451. The molecule has 1 aromatic carbocycles. The first-order valence-electron chi connectivity index (χ1n) is 5.68. The van der Waals surface area contributed by atoms with Crippen molar-refractivity contribution in [1.29, 1.82) is 0 Å². The van der Waals surface area contributed by atoms with Gasteiger partial charge in [-0.05, 0) is 19.1 Å². The van der Waals surface area contributed by atoms with Gasteiger partial charge in [0, 0.05) is 30.2 Å². The van der Waals surface area contributed by atoms with E-state index in [9.17, 15) is 14.9 Å². The summed E-state index contributed by atoms with van der Waals surface area (Å²) in [4.78, 5) is 22.4. The Balaban J connectivity index is 2.39. The zero-order valence-corrected chi connectivity index (χ0v) is 11.6. The van der Waals surface area contributed by atoms with Gasteiger partial charge >= 0.3 is 0 Å². The summed E-state index contributed by atoms with van der Waals surface area (Å²) in [7, 11) is 1.58. The van der Waals surface area contributed by atoms with Crippen LogP contribution in [0.4, 0.5) is 5.69 Å². The lowest BCUT2D eigenvalue weighted by atomic mass is 10.3. The van der Waals surface area contributed by atoms with Gasteiger partial charge in [0.25, 0.3) is 5.69 Å². The van der Waals surface area contributed by atoms with E-state index >= 15 is 0 Å². The largest absolute Gasteiger partial charge is 0.383 e. The number of hydrogen-bond donors (Lipinski definition) is 1. The van der Waals surface area contributed by atoms with Crippen LogP contribution in [0.15, 0.2) is 29.2 Å². The van der Waals surface area contributed by atoms with Crippen LogP contribution in [0.5, 0.6) is 0 Å². The number of nitrogens with one attached hydrogen (secondary N) is 1. The molecule has 0 aromatic heterocycles. The maximum Gasteiger partial charge on any atom is 0.269 e. The second kappa shape index (κ2) is 7.75. The number of thioether (sulfide) groups is 1.